The third-order valence-electron chi connectivity index (χ3n) is 2.23. The monoisotopic (exact) mass is 280 g/mol. The van der Waals surface area contributed by atoms with E-state index in [-0.39, 0.29) is 22.3 Å². The largest absolute Gasteiger partial charge is 0.465 e. The second kappa shape index (κ2) is 5.53. The molecule has 0 unspecified atom stereocenters. The van der Waals surface area contributed by atoms with Crippen molar-refractivity contribution in [2.45, 2.75) is 0 Å². The second-order valence-corrected chi connectivity index (χ2v) is 3.88. The summed E-state index contributed by atoms with van der Waals surface area (Å²) in [4.78, 5) is 23.1. The van der Waals surface area contributed by atoms with Gasteiger partial charge in [-0.3, -0.25) is 9.89 Å². The highest BCUT2D eigenvalue weighted by Gasteiger charge is 2.14. The van der Waals surface area contributed by atoms with Gasteiger partial charge >= 0.3 is 5.97 Å². The number of halogens is 1. The van der Waals surface area contributed by atoms with Crippen LogP contribution in [0.25, 0.3) is 0 Å². The summed E-state index contributed by atoms with van der Waals surface area (Å²) in [6.07, 6.45) is 0. The van der Waals surface area contributed by atoms with Gasteiger partial charge in [0.25, 0.3) is 5.88 Å². The fourth-order valence-corrected chi connectivity index (χ4v) is 1.52. The van der Waals surface area contributed by atoms with Gasteiger partial charge < -0.3 is 9.47 Å². The molecule has 0 radical (unpaired) electrons. The molecule has 19 heavy (non-hydrogen) atoms. The molecule has 0 bridgehead atoms. The minimum atomic E-state index is -0.569. The lowest BCUT2D eigenvalue weighted by Gasteiger charge is -2.07. The smallest absolute Gasteiger partial charge is 0.341 e. The van der Waals surface area contributed by atoms with Crippen LogP contribution in [0.15, 0.2) is 35.1 Å². The third kappa shape index (κ3) is 2.92. The molecular weight excluding hydrogens is 272 g/mol. The quantitative estimate of drug-likeness (QED) is 0.870. The van der Waals surface area contributed by atoms with Crippen LogP contribution in [0.2, 0.25) is 5.15 Å². The summed E-state index contributed by atoms with van der Waals surface area (Å²) < 4.78 is 9.92. The zero-order valence-corrected chi connectivity index (χ0v) is 10.6. The van der Waals surface area contributed by atoms with Gasteiger partial charge in [0.1, 0.15) is 16.5 Å². The summed E-state index contributed by atoms with van der Waals surface area (Å²) >= 11 is 5.58. The van der Waals surface area contributed by atoms with Gasteiger partial charge in [0.2, 0.25) is 5.43 Å². The van der Waals surface area contributed by atoms with E-state index in [0.717, 1.165) is 6.07 Å². The van der Waals surface area contributed by atoms with Gasteiger partial charge in [-0.2, -0.15) is 0 Å². The number of benzene rings is 1. The number of carbonyl (C=O) groups is 1. The van der Waals surface area contributed by atoms with Crippen molar-refractivity contribution < 1.29 is 14.3 Å². The molecule has 7 heteroatoms. The van der Waals surface area contributed by atoms with Crippen molar-refractivity contribution in [2.24, 2.45) is 0 Å². The van der Waals surface area contributed by atoms with Gasteiger partial charge in [-0.15, -0.1) is 5.10 Å². The molecule has 0 saturated carbocycles. The fourth-order valence-electron chi connectivity index (χ4n) is 1.38. The summed E-state index contributed by atoms with van der Waals surface area (Å²) in [5, 5.41) is 6.15. The first kappa shape index (κ1) is 13.1. The lowest BCUT2D eigenvalue weighted by molar-refractivity contribution is 0.0598. The van der Waals surface area contributed by atoms with E-state index in [0.29, 0.717) is 0 Å². The Kier molecular flexibility index (Phi) is 3.82. The van der Waals surface area contributed by atoms with Gasteiger partial charge in [-0.25, -0.2) is 4.79 Å². The Balaban J connectivity index is 2.38. The van der Waals surface area contributed by atoms with Gasteiger partial charge in [0.05, 0.1) is 7.11 Å². The highest BCUT2D eigenvalue weighted by Crippen LogP contribution is 2.22. The van der Waals surface area contributed by atoms with Crippen LogP contribution in [0.3, 0.4) is 0 Å². The average molecular weight is 281 g/mol. The lowest BCUT2D eigenvalue weighted by atomic mass is 10.2. The summed E-state index contributed by atoms with van der Waals surface area (Å²) in [5.41, 5.74) is -0.301. The zero-order chi connectivity index (χ0) is 13.8. The molecule has 1 N–H and O–H groups in total. The summed E-state index contributed by atoms with van der Waals surface area (Å²) in [6, 6.07) is 7.49. The maximum absolute atomic E-state index is 11.6. The lowest BCUT2D eigenvalue weighted by Crippen LogP contribution is -2.10. The first-order chi connectivity index (χ1) is 9.11. The first-order valence-corrected chi connectivity index (χ1v) is 5.60. The zero-order valence-electron chi connectivity index (χ0n) is 9.84. The molecule has 2 aromatic rings. The molecule has 1 heterocycles. The third-order valence-corrected chi connectivity index (χ3v) is 2.43. The van der Waals surface area contributed by atoms with Crippen molar-refractivity contribution >= 4 is 17.6 Å². The predicted octanol–water partition coefficient (Wildman–Crippen LogP) is 2.00. The molecule has 0 fully saturated rings. The number of nitrogens with one attached hydrogen (secondary N) is 1. The number of carbonyl (C=O) groups excluding carboxylic acids is 1. The summed E-state index contributed by atoms with van der Waals surface area (Å²) in [6.45, 7) is 0. The molecule has 98 valence electrons. The van der Waals surface area contributed by atoms with E-state index < -0.39 is 11.4 Å². The van der Waals surface area contributed by atoms with Gasteiger partial charge in [-0.1, -0.05) is 23.7 Å². The highest BCUT2D eigenvalue weighted by molar-refractivity contribution is 6.29. The molecule has 1 aromatic carbocycles. The Morgan fingerprint density at radius 2 is 2.11 bits per heavy atom. The molecular formula is C12H9ClN2O4. The van der Waals surface area contributed by atoms with Gasteiger partial charge in [0, 0.05) is 6.07 Å². The van der Waals surface area contributed by atoms with Crippen molar-refractivity contribution in [1.82, 2.24) is 10.2 Å². The Labute approximate surface area is 112 Å². The molecule has 0 aliphatic heterocycles. The number of rotatable bonds is 3. The Morgan fingerprint density at radius 1 is 1.37 bits per heavy atom. The van der Waals surface area contributed by atoms with Crippen LogP contribution in [0, 0.1) is 0 Å². The number of H-pyrrole nitrogens is 1. The standard InChI is InChI=1S/C12H9ClN2O4/c1-18-12(17)7-4-2-3-5-9(7)19-11-8(16)6-10(13)14-15-11/h2-6H,1H3,(H,14,16). The molecule has 1 aromatic heterocycles. The second-order valence-electron chi connectivity index (χ2n) is 3.48. The van der Waals surface area contributed by atoms with Crippen LogP contribution in [-0.4, -0.2) is 23.3 Å². The van der Waals surface area contributed by atoms with Crippen molar-refractivity contribution in [3.8, 4) is 11.6 Å². The number of hydrogen-bond donors (Lipinski definition) is 1. The number of aromatic nitrogens is 2. The molecule has 0 atom stereocenters. The Bertz CT molecular complexity index is 669. The predicted molar refractivity (Wildman–Crippen MR) is 67.7 cm³/mol. The molecule has 0 amide bonds. The Morgan fingerprint density at radius 3 is 2.79 bits per heavy atom. The molecule has 2 rings (SSSR count). The molecule has 0 aliphatic rings. The highest BCUT2D eigenvalue weighted by atomic mass is 35.5. The van der Waals surface area contributed by atoms with Gasteiger partial charge in [0.15, 0.2) is 0 Å². The van der Waals surface area contributed by atoms with Crippen LogP contribution in [0.1, 0.15) is 10.4 Å². The number of para-hydroxylation sites is 1. The number of nitrogens with zero attached hydrogens (tertiary/aromatic N) is 1. The van der Waals surface area contributed by atoms with E-state index in [1.807, 2.05) is 0 Å². The number of esters is 1. The normalized spacial score (nSPS) is 10.0. The Hall–Kier alpha value is -2.34. The first-order valence-electron chi connectivity index (χ1n) is 5.22. The molecule has 0 aliphatic carbocycles. The molecule has 6 nitrogen and oxygen atoms in total. The number of methoxy groups -OCH3 is 1. The average Bonchev–Trinajstić information content (AvgIpc) is 2.41. The van der Waals surface area contributed by atoms with E-state index in [1.54, 1.807) is 12.1 Å². The maximum Gasteiger partial charge on any atom is 0.341 e. The summed E-state index contributed by atoms with van der Waals surface area (Å²) in [5.74, 6) is -0.601. The van der Waals surface area contributed by atoms with Crippen LogP contribution in [0.5, 0.6) is 11.6 Å². The van der Waals surface area contributed by atoms with E-state index in [9.17, 15) is 9.59 Å². The van der Waals surface area contributed by atoms with Crippen LogP contribution < -0.4 is 10.2 Å². The van der Waals surface area contributed by atoms with Crippen molar-refractivity contribution in [3.63, 3.8) is 0 Å². The SMILES string of the molecule is COC(=O)c1ccccc1Oc1n[nH]c(Cl)cc1=O. The molecule has 0 spiro atoms. The van der Waals surface area contributed by atoms with Crippen molar-refractivity contribution in [3.05, 3.63) is 51.3 Å². The van der Waals surface area contributed by atoms with E-state index in [2.05, 4.69) is 14.9 Å². The summed E-state index contributed by atoms with van der Waals surface area (Å²) in [7, 11) is 1.26. The fraction of sp³-hybridized carbons (Fsp3) is 0.0833. The topological polar surface area (TPSA) is 81.3 Å². The molecule has 0 saturated heterocycles. The number of aromatic amines is 1. The van der Waals surface area contributed by atoms with Gasteiger partial charge in [-0.05, 0) is 12.1 Å². The number of hydrogen-bond acceptors (Lipinski definition) is 5. The van der Waals surface area contributed by atoms with Crippen molar-refractivity contribution in [2.75, 3.05) is 7.11 Å². The van der Waals surface area contributed by atoms with Crippen LogP contribution >= 0.6 is 11.6 Å². The van der Waals surface area contributed by atoms with Crippen molar-refractivity contribution in [1.29, 1.82) is 0 Å². The minimum Gasteiger partial charge on any atom is -0.465 e. The van der Waals surface area contributed by atoms with Crippen LogP contribution in [-0.2, 0) is 4.74 Å². The van der Waals surface area contributed by atoms with Crippen LogP contribution in [0.4, 0.5) is 0 Å². The number of ether oxygens (including phenoxy) is 2. The van der Waals surface area contributed by atoms with E-state index in [4.69, 9.17) is 16.3 Å². The van der Waals surface area contributed by atoms with E-state index >= 15 is 0 Å². The maximum atomic E-state index is 11.6. The van der Waals surface area contributed by atoms with E-state index in [1.165, 1.54) is 19.2 Å². The minimum absolute atomic E-state index is 0.0959.